The molecule has 2 aliphatic rings. The zero-order chi connectivity index (χ0) is 17.6. The summed E-state index contributed by atoms with van der Waals surface area (Å²) >= 11 is 6.20. The van der Waals surface area contributed by atoms with Crippen LogP contribution in [0.1, 0.15) is 31.4 Å². The Bertz CT molecular complexity index is 570. The zero-order valence-electron chi connectivity index (χ0n) is 14.9. The molecule has 2 saturated heterocycles. The molecule has 0 aliphatic carbocycles. The van der Waals surface area contributed by atoms with Crippen LogP contribution in [-0.4, -0.2) is 67.7 Å². The topological polar surface area (TPSA) is 44.8 Å². The summed E-state index contributed by atoms with van der Waals surface area (Å²) in [5, 5.41) is 3.75. The van der Waals surface area contributed by atoms with Crippen molar-refractivity contribution >= 4 is 17.5 Å². The van der Waals surface area contributed by atoms with Crippen molar-refractivity contribution in [3.63, 3.8) is 0 Å². The van der Waals surface area contributed by atoms with Crippen molar-refractivity contribution in [3.8, 4) is 0 Å². The van der Waals surface area contributed by atoms with Crippen molar-refractivity contribution in [3.05, 3.63) is 34.9 Å². The Hall–Kier alpha value is -1.14. The molecule has 2 aliphatic heterocycles. The van der Waals surface area contributed by atoms with Crippen molar-refractivity contribution in [2.45, 2.75) is 31.9 Å². The first kappa shape index (κ1) is 18.6. The first-order valence-electron chi connectivity index (χ1n) is 9.22. The van der Waals surface area contributed by atoms with Crippen LogP contribution in [0.2, 0.25) is 5.02 Å². The van der Waals surface area contributed by atoms with Gasteiger partial charge in [-0.05, 0) is 31.4 Å². The van der Waals surface area contributed by atoms with E-state index in [0.29, 0.717) is 17.7 Å². The number of carbonyl (C=O) groups is 1. The number of benzene rings is 1. The van der Waals surface area contributed by atoms with Crippen molar-refractivity contribution in [2.75, 3.05) is 45.9 Å². The summed E-state index contributed by atoms with van der Waals surface area (Å²) in [5.74, 6) is 0.0556. The van der Waals surface area contributed by atoms with E-state index in [4.69, 9.17) is 16.3 Å². The summed E-state index contributed by atoms with van der Waals surface area (Å²) in [6, 6.07) is 7.57. The van der Waals surface area contributed by atoms with E-state index in [1.807, 2.05) is 31.2 Å². The van der Waals surface area contributed by atoms with Crippen molar-refractivity contribution in [2.24, 2.45) is 0 Å². The third-order valence-corrected chi connectivity index (χ3v) is 5.41. The van der Waals surface area contributed by atoms with Crippen LogP contribution < -0.4 is 5.32 Å². The van der Waals surface area contributed by atoms with Crippen LogP contribution in [0.5, 0.6) is 0 Å². The molecule has 0 saturated carbocycles. The molecule has 138 valence electrons. The molecule has 25 heavy (non-hydrogen) atoms. The minimum Gasteiger partial charge on any atom is -0.377 e. The van der Waals surface area contributed by atoms with Crippen LogP contribution >= 0.6 is 11.6 Å². The van der Waals surface area contributed by atoms with Crippen LogP contribution in [-0.2, 0) is 9.53 Å². The maximum absolute atomic E-state index is 12.3. The summed E-state index contributed by atoms with van der Waals surface area (Å²) in [5.41, 5.74) is 0.957. The maximum Gasteiger partial charge on any atom is 0.234 e. The fourth-order valence-electron chi connectivity index (χ4n) is 3.60. The number of rotatable bonds is 6. The van der Waals surface area contributed by atoms with Gasteiger partial charge < -0.3 is 10.1 Å². The van der Waals surface area contributed by atoms with Crippen LogP contribution in [0.3, 0.4) is 0 Å². The summed E-state index contributed by atoms with van der Waals surface area (Å²) in [6.07, 6.45) is 2.78. The summed E-state index contributed by atoms with van der Waals surface area (Å²) in [4.78, 5) is 17.0. The van der Waals surface area contributed by atoms with E-state index in [2.05, 4.69) is 15.1 Å². The molecule has 6 heteroatoms. The van der Waals surface area contributed by atoms with Gasteiger partial charge >= 0.3 is 0 Å². The van der Waals surface area contributed by atoms with Crippen molar-refractivity contribution in [1.29, 1.82) is 0 Å². The molecule has 1 N–H and O–H groups in total. The largest absolute Gasteiger partial charge is 0.377 e. The number of amides is 1. The van der Waals surface area contributed by atoms with Crippen LogP contribution in [0.4, 0.5) is 0 Å². The SMILES string of the molecule is CC(NC(=O)CN1CCN(CC2CCCO2)CC1)c1ccccc1Cl. The first-order chi connectivity index (χ1) is 12.1. The Labute approximate surface area is 155 Å². The first-order valence-corrected chi connectivity index (χ1v) is 9.59. The van der Waals surface area contributed by atoms with Gasteiger partial charge in [0.25, 0.3) is 0 Å². The van der Waals surface area contributed by atoms with Gasteiger partial charge in [-0.1, -0.05) is 29.8 Å². The number of nitrogens with zero attached hydrogens (tertiary/aromatic N) is 2. The molecule has 2 fully saturated rings. The Kier molecular flexibility index (Phi) is 6.70. The van der Waals surface area contributed by atoms with Gasteiger partial charge in [-0.15, -0.1) is 0 Å². The van der Waals surface area contributed by atoms with E-state index in [0.717, 1.165) is 44.9 Å². The van der Waals surface area contributed by atoms with E-state index in [1.54, 1.807) is 0 Å². The standard InChI is InChI=1S/C19H28ClN3O2/c1-15(17-6-2-3-7-18(17)20)21-19(24)14-23-10-8-22(9-11-23)13-16-5-4-12-25-16/h2-3,6-7,15-16H,4-5,8-14H2,1H3,(H,21,24). The predicted octanol–water partition coefficient (Wildman–Crippen LogP) is 2.31. The van der Waals surface area contributed by atoms with Gasteiger partial charge in [-0.25, -0.2) is 0 Å². The Balaban J connectivity index is 1.39. The lowest BCUT2D eigenvalue weighted by molar-refractivity contribution is -0.123. The highest BCUT2D eigenvalue weighted by Gasteiger charge is 2.24. The van der Waals surface area contributed by atoms with Gasteiger partial charge in [0, 0.05) is 44.4 Å². The highest BCUT2D eigenvalue weighted by molar-refractivity contribution is 6.31. The van der Waals surface area contributed by atoms with Gasteiger partial charge in [0.15, 0.2) is 0 Å². The summed E-state index contributed by atoms with van der Waals surface area (Å²) in [6.45, 7) is 8.24. The van der Waals surface area contributed by atoms with E-state index >= 15 is 0 Å². The number of ether oxygens (including phenoxy) is 1. The van der Waals surface area contributed by atoms with Gasteiger partial charge in [0.2, 0.25) is 5.91 Å². The number of carbonyl (C=O) groups excluding carboxylic acids is 1. The molecule has 2 unspecified atom stereocenters. The molecule has 0 radical (unpaired) electrons. The minimum atomic E-state index is -0.0815. The Morgan fingerprint density at radius 2 is 2.00 bits per heavy atom. The van der Waals surface area contributed by atoms with E-state index in [9.17, 15) is 4.79 Å². The molecule has 0 bridgehead atoms. The fraction of sp³-hybridized carbons (Fsp3) is 0.632. The molecular formula is C19H28ClN3O2. The lowest BCUT2D eigenvalue weighted by Gasteiger charge is -2.35. The number of hydrogen-bond acceptors (Lipinski definition) is 4. The fourth-order valence-corrected chi connectivity index (χ4v) is 3.90. The number of nitrogens with one attached hydrogen (secondary N) is 1. The number of halogens is 1. The zero-order valence-corrected chi connectivity index (χ0v) is 15.7. The molecule has 1 amide bonds. The van der Waals surface area contributed by atoms with Crippen LogP contribution in [0, 0.1) is 0 Å². The van der Waals surface area contributed by atoms with Crippen LogP contribution in [0.25, 0.3) is 0 Å². The highest BCUT2D eigenvalue weighted by atomic mass is 35.5. The third kappa shape index (κ3) is 5.42. The average Bonchev–Trinajstić information content (AvgIpc) is 3.10. The minimum absolute atomic E-state index is 0.0556. The van der Waals surface area contributed by atoms with Crippen molar-refractivity contribution < 1.29 is 9.53 Å². The van der Waals surface area contributed by atoms with Gasteiger partial charge in [0.05, 0.1) is 18.7 Å². The molecule has 0 spiro atoms. The smallest absolute Gasteiger partial charge is 0.234 e. The quantitative estimate of drug-likeness (QED) is 0.840. The van der Waals surface area contributed by atoms with Gasteiger partial charge in [-0.2, -0.15) is 0 Å². The second kappa shape index (κ2) is 8.99. The molecule has 1 aromatic rings. The molecule has 3 rings (SSSR count). The van der Waals surface area contributed by atoms with Gasteiger partial charge in [0.1, 0.15) is 0 Å². The molecule has 1 aromatic carbocycles. The maximum atomic E-state index is 12.3. The number of hydrogen-bond donors (Lipinski definition) is 1. The van der Waals surface area contributed by atoms with E-state index < -0.39 is 0 Å². The van der Waals surface area contributed by atoms with Crippen LogP contribution in [0.15, 0.2) is 24.3 Å². The lowest BCUT2D eigenvalue weighted by Crippen LogP contribution is -2.51. The Morgan fingerprint density at radius 3 is 2.68 bits per heavy atom. The monoisotopic (exact) mass is 365 g/mol. The normalized spacial score (nSPS) is 23.5. The van der Waals surface area contributed by atoms with E-state index in [-0.39, 0.29) is 11.9 Å². The molecule has 0 aromatic heterocycles. The lowest BCUT2D eigenvalue weighted by atomic mass is 10.1. The average molecular weight is 366 g/mol. The molecule has 2 heterocycles. The van der Waals surface area contributed by atoms with Gasteiger partial charge in [-0.3, -0.25) is 14.6 Å². The molecule has 5 nitrogen and oxygen atoms in total. The highest BCUT2D eigenvalue weighted by Crippen LogP contribution is 2.22. The second-order valence-corrected chi connectivity index (χ2v) is 7.43. The second-order valence-electron chi connectivity index (χ2n) is 7.02. The Morgan fingerprint density at radius 1 is 1.28 bits per heavy atom. The molecular weight excluding hydrogens is 338 g/mol. The summed E-state index contributed by atoms with van der Waals surface area (Å²) in [7, 11) is 0. The predicted molar refractivity (Wildman–Crippen MR) is 99.9 cm³/mol. The third-order valence-electron chi connectivity index (χ3n) is 5.07. The molecule has 2 atom stereocenters. The van der Waals surface area contributed by atoms with E-state index in [1.165, 1.54) is 12.8 Å². The van der Waals surface area contributed by atoms with Crippen molar-refractivity contribution in [1.82, 2.24) is 15.1 Å². The number of piperazine rings is 1. The summed E-state index contributed by atoms with van der Waals surface area (Å²) < 4.78 is 5.71.